The molecule has 0 unspecified atom stereocenters. The number of nitrogens with zero attached hydrogens (tertiary/aromatic N) is 1. The van der Waals surface area contributed by atoms with Gasteiger partial charge in [0, 0.05) is 18.3 Å². The summed E-state index contributed by atoms with van der Waals surface area (Å²) in [5.74, 6) is 0.957. The van der Waals surface area contributed by atoms with Gasteiger partial charge in [0.15, 0.2) is 0 Å². The number of carbonyl (C=O) groups excluding carboxylic acids is 1. The van der Waals surface area contributed by atoms with E-state index in [9.17, 15) is 4.79 Å². The van der Waals surface area contributed by atoms with Crippen molar-refractivity contribution in [3.8, 4) is 5.75 Å². The summed E-state index contributed by atoms with van der Waals surface area (Å²) in [6, 6.07) is 7.46. The number of piperidine rings is 1. The minimum Gasteiger partial charge on any atom is -0.497 e. The van der Waals surface area contributed by atoms with Crippen LogP contribution in [0.3, 0.4) is 0 Å². The zero-order chi connectivity index (χ0) is 13.0. The number of carbonyl (C=O) groups is 1. The summed E-state index contributed by atoms with van der Waals surface area (Å²) in [5, 5.41) is 2.96. The van der Waals surface area contributed by atoms with Gasteiger partial charge < -0.3 is 15.0 Å². The van der Waals surface area contributed by atoms with Crippen LogP contribution in [0.15, 0.2) is 24.3 Å². The summed E-state index contributed by atoms with van der Waals surface area (Å²) in [4.78, 5) is 14.3. The molecule has 1 aromatic carbocycles. The molecule has 0 saturated carbocycles. The third-order valence-electron chi connectivity index (χ3n) is 3.33. The Kier molecular flexibility index (Phi) is 4.20. The van der Waals surface area contributed by atoms with Gasteiger partial charge in [-0.3, -0.25) is 4.79 Å². The summed E-state index contributed by atoms with van der Waals surface area (Å²) in [7, 11) is 3.68. The molecule has 2 rings (SSSR count). The van der Waals surface area contributed by atoms with Crippen molar-refractivity contribution in [3.63, 3.8) is 0 Å². The number of hydrogen-bond donors (Lipinski definition) is 1. The molecule has 1 saturated heterocycles. The summed E-state index contributed by atoms with van der Waals surface area (Å²) in [6.07, 6.45) is 2.06. The predicted molar refractivity (Wildman–Crippen MR) is 71.8 cm³/mol. The highest BCUT2D eigenvalue weighted by Crippen LogP contribution is 2.20. The molecule has 1 aromatic rings. The van der Waals surface area contributed by atoms with Crippen LogP contribution in [0.2, 0.25) is 0 Å². The first kappa shape index (κ1) is 12.9. The smallest absolute Gasteiger partial charge is 0.228 e. The fourth-order valence-corrected chi connectivity index (χ4v) is 2.33. The number of likely N-dealkylation sites (tertiary alicyclic amines) is 1. The van der Waals surface area contributed by atoms with Gasteiger partial charge in [0.25, 0.3) is 0 Å². The van der Waals surface area contributed by atoms with Gasteiger partial charge in [-0.15, -0.1) is 0 Å². The summed E-state index contributed by atoms with van der Waals surface area (Å²) in [6.45, 7) is 1.93. The molecular formula is C14H20N2O2. The van der Waals surface area contributed by atoms with E-state index in [2.05, 4.69) is 17.3 Å². The van der Waals surface area contributed by atoms with Crippen molar-refractivity contribution in [2.45, 2.75) is 12.8 Å². The van der Waals surface area contributed by atoms with Gasteiger partial charge in [-0.2, -0.15) is 0 Å². The van der Waals surface area contributed by atoms with Crippen LogP contribution in [0.5, 0.6) is 5.75 Å². The first-order valence-electron chi connectivity index (χ1n) is 6.32. The molecular weight excluding hydrogens is 228 g/mol. The van der Waals surface area contributed by atoms with Crippen molar-refractivity contribution < 1.29 is 9.53 Å². The molecule has 4 heteroatoms. The standard InChI is InChI=1S/C14H20N2O2/c1-16-8-4-5-11(10-16)14(17)15-12-6-3-7-13(9-12)18-2/h3,6-7,9,11H,4-5,8,10H2,1-2H3,(H,15,17)/t11-/m0/s1. The zero-order valence-electron chi connectivity index (χ0n) is 11.0. The van der Waals surface area contributed by atoms with Gasteiger partial charge in [0.2, 0.25) is 5.91 Å². The number of anilines is 1. The van der Waals surface area contributed by atoms with Crippen molar-refractivity contribution >= 4 is 11.6 Å². The molecule has 1 N–H and O–H groups in total. The maximum Gasteiger partial charge on any atom is 0.228 e. The Morgan fingerprint density at radius 3 is 3.06 bits per heavy atom. The number of benzene rings is 1. The highest BCUT2D eigenvalue weighted by atomic mass is 16.5. The number of ether oxygens (including phenoxy) is 1. The maximum absolute atomic E-state index is 12.1. The molecule has 0 aliphatic carbocycles. The van der Waals surface area contributed by atoms with Crippen LogP contribution in [0.1, 0.15) is 12.8 Å². The minimum absolute atomic E-state index is 0.0925. The average molecular weight is 248 g/mol. The van der Waals surface area contributed by atoms with Gasteiger partial charge in [0.1, 0.15) is 5.75 Å². The molecule has 0 spiro atoms. The van der Waals surface area contributed by atoms with E-state index in [1.807, 2.05) is 24.3 Å². The Bertz CT molecular complexity index is 420. The lowest BCUT2D eigenvalue weighted by atomic mass is 9.97. The highest BCUT2D eigenvalue weighted by Gasteiger charge is 2.23. The first-order valence-corrected chi connectivity index (χ1v) is 6.32. The minimum atomic E-state index is 0.0925. The van der Waals surface area contributed by atoms with Crippen molar-refractivity contribution in [3.05, 3.63) is 24.3 Å². The average Bonchev–Trinajstić information content (AvgIpc) is 2.39. The Morgan fingerprint density at radius 2 is 2.33 bits per heavy atom. The largest absolute Gasteiger partial charge is 0.497 e. The molecule has 4 nitrogen and oxygen atoms in total. The van der Waals surface area contributed by atoms with E-state index in [-0.39, 0.29) is 11.8 Å². The van der Waals surface area contributed by atoms with Crippen LogP contribution >= 0.6 is 0 Å². The fraction of sp³-hybridized carbons (Fsp3) is 0.500. The molecule has 0 aromatic heterocycles. The quantitative estimate of drug-likeness (QED) is 0.889. The third kappa shape index (κ3) is 3.23. The van der Waals surface area contributed by atoms with Crippen LogP contribution in [-0.2, 0) is 4.79 Å². The van der Waals surface area contributed by atoms with Gasteiger partial charge in [-0.25, -0.2) is 0 Å². The number of hydrogen-bond acceptors (Lipinski definition) is 3. The predicted octanol–water partition coefficient (Wildman–Crippen LogP) is 1.98. The molecule has 1 fully saturated rings. The molecule has 1 amide bonds. The normalized spacial score (nSPS) is 20.4. The molecule has 18 heavy (non-hydrogen) atoms. The van der Waals surface area contributed by atoms with Gasteiger partial charge in [0.05, 0.1) is 13.0 Å². The van der Waals surface area contributed by atoms with E-state index in [4.69, 9.17) is 4.74 Å². The number of rotatable bonds is 3. The van der Waals surface area contributed by atoms with Crippen molar-refractivity contribution in [1.29, 1.82) is 0 Å². The highest BCUT2D eigenvalue weighted by molar-refractivity contribution is 5.92. The lowest BCUT2D eigenvalue weighted by Crippen LogP contribution is -2.38. The lowest BCUT2D eigenvalue weighted by Gasteiger charge is -2.28. The Hall–Kier alpha value is -1.55. The van der Waals surface area contributed by atoms with Gasteiger partial charge in [-0.05, 0) is 38.6 Å². The Balaban J connectivity index is 1.97. The molecule has 98 valence electrons. The van der Waals surface area contributed by atoms with E-state index >= 15 is 0 Å². The van der Waals surface area contributed by atoms with E-state index in [0.717, 1.165) is 37.4 Å². The molecule has 1 heterocycles. The van der Waals surface area contributed by atoms with Crippen LogP contribution in [0, 0.1) is 5.92 Å². The van der Waals surface area contributed by atoms with Crippen LogP contribution in [0.4, 0.5) is 5.69 Å². The topological polar surface area (TPSA) is 41.6 Å². The number of amides is 1. The van der Waals surface area contributed by atoms with Crippen molar-refractivity contribution in [2.75, 3.05) is 32.6 Å². The maximum atomic E-state index is 12.1. The fourth-order valence-electron chi connectivity index (χ4n) is 2.33. The van der Waals surface area contributed by atoms with E-state index in [1.54, 1.807) is 7.11 Å². The van der Waals surface area contributed by atoms with Crippen molar-refractivity contribution in [1.82, 2.24) is 4.90 Å². The van der Waals surface area contributed by atoms with Crippen LogP contribution in [0.25, 0.3) is 0 Å². The van der Waals surface area contributed by atoms with E-state index in [1.165, 1.54) is 0 Å². The van der Waals surface area contributed by atoms with Gasteiger partial charge >= 0.3 is 0 Å². The van der Waals surface area contributed by atoms with E-state index < -0.39 is 0 Å². The third-order valence-corrected chi connectivity index (χ3v) is 3.33. The van der Waals surface area contributed by atoms with Crippen LogP contribution in [-0.4, -0.2) is 38.1 Å². The molecule has 0 radical (unpaired) electrons. The monoisotopic (exact) mass is 248 g/mol. The zero-order valence-corrected chi connectivity index (χ0v) is 11.0. The van der Waals surface area contributed by atoms with Crippen molar-refractivity contribution in [2.24, 2.45) is 5.92 Å². The SMILES string of the molecule is COc1cccc(NC(=O)[C@H]2CCCN(C)C2)c1. The molecule has 0 bridgehead atoms. The molecule has 1 aliphatic heterocycles. The molecule has 1 aliphatic rings. The second kappa shape index (κ2) is 5.87. The summed E-state index contributed by atoms with van der Waals surface area (Å²) < 4.78 is 5.14. The van der Waals surface area contributed by atoms with Gasteiger partial charge in [-0.1, -0.05) is 6.07 Å². The molecule has 1 atom stereocenters. The Morgan fingerprint density at radius 1 is 1.50 bits per heavy atom. The number of nitrogens with one attached hydrogen (secondary N) is 1. The second-order valence-electron chi connectivity index (χ2n) is 4.82. The first-order chi connectivity index (χ1) is 8.69. The second-order valence-corrected chi connectivity index (χ2v) is 4.82. The summed E-state index contributed by atoms with van der Waals surface area (Å²) >= 11 is 0. The summed E-state index contributed by atoms with van der Waals surface area (Å²) in [5.41, 5.74) is 0.799. The number of methoxy groups -OCH3 is 1. The lowest BCUT2D eigenvalue weighted by molar-refractivity contribution is -0.121. The van der Waals surface area contributed by atoms with E-state index in [0.29, 0.717) is 0 Å². The Labute approximate surface area is 108 Å². The van der Waals surface area contributed by atoms with Crippen LogP contribution < -0.4 is 10.1 Å².